The van der Waals surface area contributed by atoms with Gasteiger partial charge in [-0.05, 0) is 30.2 Å². The predicted octanol–water partition coefficient (Wildman–Crippen LogP) is 2.48. The Morgan fingerprint density at radius 3 is 2.47 bits per heavy atom. The molecule has 0 aliphatic heterocycles. The zero-order valence-corrected chi connectivity index (χ0v) is 12.4. The Balaban J connectivity index is 3.00. The fourth-order valence-electron chi connectivity index (χ4n) is 2.16. The quantitative estimate of drug-likeness (QED) is 0.802. The van der Waals surface area contributed by atoms with Crippen molar-refractivity contribution in [3.05, 3.63) is 23.8 Å². The van der Waals surface area contributed by atoms with Crippen molar-refractivity contribution >= 4 is 17.3 Å². The standard InChI is InChI=1S/C15H25N3O/c1-5-9-18(15(19)6-2)11-12-10-13(16)7-8-14(12)17(3)4/h7-8,10H,5-6,9,11,16H2,1-4H3. The highest BCUT2D eigenvalue weighted by Gasteiger charge is 2.14. The lowest BCUT2D eigenvalue weighted by atomic mass is 10.1. The van der Waals surface area contributed by atoms with E-state index in [0.29, 0.717) is 13.0 Å². The first-order valence-corrected chi connectivity index (χ1v) is 6.83. The number of nitrogen functional groups attached to an aromatic ring is 1. The molecule has 0 aliphatic carbocycles. The van der Waals surface area contributed by atoms with Crippen LogP contribution in [0.3, 0.4) is 0 Å². The third-order valence-electron chi connectivity index (χ3n) is 3.10. The Labute approximate surface area is 116 Å². The van der Waals surface area contributed by atoms with Crippen LogP contribution >= 0.6 is 0 Å². The molecular formula is C15H25N3O. The maximum atomic E-state index is 12.0. The molecule has 0 aliphatic rings. The van der Waals surface area contributed by atoms with E-state index in [1.165, 1.54) is 0 Å². The van der Waals surface area contributed by atoms with Crippen molar-refractivity contribution in [2.75, 3.05) is 31.3 Å². The van der Waals surface area contributed by atoms with Gasteiger partial charge in [0, 0.05) is 45.0 Å². The zero-order valence-electron chi connectivity index (χ0n) is 12.4. The van der Waals surface area contributed by atoms with E-state index in [4.69, 9.17) is 5.73 Å². The number of carbonyl (C=O) groups is 1. The van der Waals surface area contributed by atoms with Gasteiger partial charge < -0.3 is 15.5 Å². The number of nitrogens with two attached hydrogens (primary N) is 1. The molecule has 0 fully saturated rings. The molecule has 0 unspecified atom stereocenters. The van der Waals surface area contributed by atoms with E-state index in [9.17, 15) is 4.79 Å². The molecule has 0 spiro atoms. The van der Waals surface area contributed by atoms with Crippen LogP contribution in [-0.4, -0.2) is 31.4 Å². The van der Waals surface area contributed by atoms with Gasteiger partial charge >= 0.3 is 0 Å². The van der Waals surface area contributed by atoms with E-state index in [1.54, 1.807) is 0 Å². The van der Waals surface area contributed by atoms with Crippen molar-refractivity contribution in [2.45, 2.75) is 33.2 Å². The Bertz CT molecular complexity index is 429. The van der Waals surface area contributed by atoms with Crippen molar-refractivity contribution in [1.82, 2.24) is 4.90 Å². The first-order chi connectivity index (χ1) is 8.99. The molecule has 2 N–H and O–H groups in total. The van der Waals surface area contributed by atoms with Crippen molar-refractivity contribution in [3.63, 3.8) is 0 Å². The minimum absolute atomic E-state index is 0.189. The average molecular weight is 263 g/mol. The van der Waals surface area contributed by atoms with Crippen LogP contribution < -0.4 is 10.6 Å². The van der Waals surface area contributed by atoms with Crippen LogP contribution in [0, 0.1) is 0 Å². The Kier molecular flexibility index (Phi) is 5.67. The number of anilines is 2. The topological polar surface area (TPSA) is 49.6 Å². The number of hydrogen-bond acceptors (Lipinski definition) is 3. The number of amides is 1. The molecule has 1 amide bonds. The first kappa shape index (κ1) is 15.3. The zero-order chi connectivity index (χ0) is 14.4. The second-order valence-electron chi connectivity index (χ2n) is 4.95. The molecular weight excluding hydrogens is 238 g/mol. The maximum absolute atomic E-state index is 12.0. The fourth-order valence-corrected chi connectivity index (χ4v) is 2.16. The molecule has 19 heavy (non-hydrogen) atoms. The van der Waals surface area contributed by atoms with E-state index in [1.807, 2.05) is 44.1 Å². The SMILES string of the molecule is CCCN(Cc1cc(N)ccc1N(C)C)C(=O)CC. The first-order valence-electron chi connectivity index (χ1n) is 6.83. The smallest absolute Gasteiger partial charge is 0.222 e. The summed E-state index contributed by atoms with van der Waals surface area (Å²) in [7, 11) is 4.00. The van der Waals surface area contributed by atoms with Crippen LogP contribution in [0.5, 0.6) is 0 Å². The largest absolute Gasteiger partial charge is 0.399 e. The Morgan fingerprint density at radius 2 is 1.95 bits per heavy atom. The average Bonchev–Trinajstić information content (AvgIpc) is 2.37. The molecule has 0 atom stereocenters. The molecule has 4 heteroatoms. The van der Waals surface area contributed by atoms with Crippen LogP contribution in [0.15, 0.2) is 18.2 Å². The molecule has 0 bridgehead atoms. The second-order valence-corrected chi connectivity index (χ2v) is 4.95. The summed E-state index contributed by atoms with van der Waals surface area (Å²) in [6.07, 6.45) is 1.50. The van der Waals surface area contributed by atoms with Crippen molar-refractivity contribution in [3.8, 4) is 0 Å². The summed E-state index contributed by atoms with van der Waals surface area (Å²) in [4.78, 5) is 15.9. The summed E-state index contributed by atoms with van der Waals surface area (Å²) in [6, 6.07) is 5.86. The number of nitrogens with zero attached hydrogens (tertiary/aromatic N) is 2. The summed E-state index contributed by atoms with van der Waals surface area (Å²) in [5.74, 6) is 0.189. The molecule has 1 aromatic carbocycles. The highest BCUT2D eigenvalue weighted by molar-refractivity contribution is 5.76. The van der Waals surface area contributed by atoms with E-state index in [-0.39, 0.29) is 5.91 Å². The van der Waals surface area contributed by atoms with E-state index in [2.05, 4.69) is 11.8 Å². The molecule has 0 aromatic heterocycles. The van der Waals surface area contributed by atoms with Gasteiger partial charge in [-0.1, -0.05) is 13.8 Å². The number of benzene rings is 1. The molecule has 1 aromatic rings. The van der Waals surface area contributed by atoms with Crippen molar-refractivity contribution in [1.29, 1.82) is 0 Å². The van der Waals surface area contributed by atoms with E-state index >= 15 is 0 Å². The van der Waals surface area contributed by atoms with Crippen LogP contribution in [0.1, 0.15) is 32.3 Å². The Morgan fingerprint density at radius 1 is 1.26 bits per heavy atom. The third kappa shape index (κ3) is 4.16. The fraction of sp³-hybridized carbons (Fsp3) is 0.533. The number of rotatable bonds is 6. The van der Waals surface area contributed by atoms with Gasteiger partial charge in [-0.2, -0.15) is 0 Å². The van der Waals surface area contributed by atoms with E-state index in [0.717, 1.165) is 29.9 Å². The van der Waals surface area contributed by atoms with Gasteiger partial charge in [0.25, 0.3) is 0 Å². The molecule has 0 heterocycles. The highest BCUT2D eigenvalue weighted by Crippen LogP contribution is 2.23. The summed E-state index contributed by atoms with van der Waals surface area (Å²) in [5.41, 5.74) is 8.81. The summed E-state index contributed by atoms with van der Waals surface area (Å²) in [5, 5.41) is 0. The molecule has 0 radical (unpaired) electrons. The van der Waals surface area contributed by atoms with Gasteiger partial charge in [0.15, 0.2) is 0 Å². The van der Waals surface area contributed by atoms with E-state index < -0.39 is 0 Å². The van der Waals surface area contributed by atoms with Crippen LogP contribution in [0.25, 0.3) is 0 Å². The molecule has 106 valence electrons. The van der Waals surface area contributed by atoms with Crippen molar-refractivity contribution < 1.29 is 4.79 Å². The molecule has 0 saturated carbocycles. The molecule has 1 rings (SSSR count). The molecule has 4 nitrogen and oxygen atoms in total. The van der Waals surface area contributed by atoms with Gasteiger partial charge in [0.2, 0.25) is 5.91 Å². The van der Waals surface area contributed by atoms with Crippen LogP contribution in [0.2, 0.25) is 0 Å². The predicted molar refractivity (Wildman–Crippen MR) is 81.2 cm³/mol. The van der Waals surface area contributed by atoms with Gasteiger partial charge in [-0.25, -0.2) is 0 Å². The summed E-state index contributed by atoms with van der Waals surface area (Å²) < 4.78 is 0. The van der Waals surface area contributed by atoms with Crippen LogP contribution in [-0.2, 0) is 11.3 Å². The third-order valence-corrected chi connectivity index (χ3v) is 3.10. The Hall–Kier alpha value is -1.71. The normalized spacial score (nSPS) is 10.3. The lowest BCUT2D eigenvalue weighted by Gasteiger charge is -2.25. The monoisotopic (exact) mass is 263 g/mol. The van der Waals surface area contributed by atoms with Gasteiger partial charge in [0.1, 0.15) is 0 Å². The highest BCUT2D eigenvalue weighted by atomic mass is 16.2. The van der Waals surface area contributed by atoms with Gasteiger partial charge in [-0.3, -0.25) is 4.79 Å². The number of hydrogen-bond donors (Lipinski definition) is 1. The minimum atomic E-state index is 0.189. The lowest BCUT2D eigenvalue weighted by molar-refractivity contribution is -0.131. The van der Waals surface area contributed by atoms with Gasteiger partial charge in [0.05, 0.1) is 0 Å². The maximum Gasteiger partial charge on any atom is 0.222 e. The van der Waals surface area contributed by atoms with Gasteiger partial charge in [-0.15, -0.1) is 0 Å². The second kappa shape index (κ2) is 7.02. The van der Waals surface area contributed by atoms with Crippen molar-refractivity contribution in [2.24, 2.45) is 0 Å². The molecule has 0 saturated heterocycles. The number of carbonyl (C=O) groups excluding carboxylic acids is 1. The summed E-state index contributed by atoms with van der Waals surface area (Å²) in [6.45, 7) is 5.40. The van der Waals surface area contributed by atoms with Crippen LogP contribution in [0.4, 0.5) is 11.4 Å². The minimum Gasteiger partial charge on any atom is -0.399 e. The summed E-state index contributed by atoms with van der Waals surface area (Å²) >= 11 is 0. The lowest BCUT2D eigenvalue weighted by Crippen LogP contribution is -2.31.